The predicted octanol–water partition coefficient (Wildman–Crippen LogP) is 1.71. The lowest BCUT2D eigenvalue weighted by atomic mass is 10.0. The fourth-order valence-corrected chi connectivity index (χ4v) is 2.55. The summed E-state index contributed by atoms with van der Waals surface area (Å²) in [5.41, 5.74) is 1.03. The zero-order valence-electron chi connectivity index (χ0n) is 12.9. The van der Waals surface area contributed by atoms with Crippen molar-refractivity contribution in [2.45, 2.75) is 25.3 Å². The molecule has 1 aliphatic heterocycles. The first-order chi connectivity index (χ1) is 10.2. The van der Waals surface area contributed by atoms with Gasteiger partial charge >= 0.3 is 0 Å². The Bertz CT molecular complexity index is 465. The van der Waals surface area contributed by atoms with E-state index in [9.17, 15) is 4.79 Å². The maximum absolute atomic E-state index is 11.2. The number of carbonyl (C=O) groups is 1. The van der Waals surface area contributed by atoms with Crippen molar-refractivity contribution in [2.24, 2.45) is 0 Å². The van der Waals surface area contributed by atoms with Gasteiger partial charge in [-0.3, -0.25) is 4.79 Å². The third kappa shape index (κ3) is 4.93. The van der Waals surface area contributed by atoms with Crippen LogP contribution in [0.15, 0.2) is 24.3 Å². The number of likely N-dealkylation sites (N-methyl/N-ethyl adjacent to an activating group) is 2. The molecule has 1 aromatic rings. The van der Waals surface area contributed by atoms with E-state index < -0.39 is 0 Å². The second kappa shape index (κ2) is 7.88. The molecule has 0 aliphatic carbocycles. The number of hydrogen-bond acceptors (Lipinski definition) is 4. The van der Waals surface area contributed by atoms with Gasteiger partial charge < -0.3 is 20.3 Å². The Morgan fingerprint density at radius 3 is 3.05 bits per heavy atom. The number of amides is 1. The van der Waals surface area contributed by atoms with E-state index in [1.165, 1.54) is 25.8 Å². The fraction of sp³-hybridized carbons (Fsp3) is 0.562. The molecule has 2 rings (SSSR count). The lowest BCUT2D eigenvalue weighted by Crippen LogP contribution is -2.40. The highest BCUT2D eigenvalue weighted by atomic mass is 16.5. The minimum Gasteiger partial charge on any atom is -0.484 e. The molecular weight excluding hydrogens is 266 g/mol. The van der Waals surface area contributed by atoms with Crippen LogP contribution < -0.4 is 15.4 Å². The van der Waals surface area contributed by atoms with Gasteiger partial charge in [0.05, 0.1) is 0 Å². The Kier molecular flexibility index (Phi) is 5.87. The van der Waals surface area contributed by atoms with E-state index in [1.807, 2.05) is 24.3 Å². The number of anilines is 1. The van der Waals surface area contributed by atoms with E-state index in [4.69, 9.17) is 4.74 Å². The molecule has 0 bridgehead atoms. The van der Waals surface area contributed by atoms with Crippen LogP contribution in [0.25, 0.3) is 0 Å². The molecule has 1 heterocycles. The van der Waals surface area contributed by atoms with Gasteiger partial charge in [-0.05, 0) is 38.6 Å². The van der Waals surface area contributed by atoms with E-state index in [0.717, 1.165) is 12.2 Å². The first kappa shape index (κ1) is 15.6. The monoisotopic (exact) mass is 291 g/mol. The smallest absolute Gasteiger partial charge is 0.257 e. The molecule has 1 aliphatic rings. The Labute approximate surface area is 126 Å². The number of piperidine rings is 1. The summed E-state index contributed by atoms with van der Waals surface area (Å²) in [6.45, 7) is 2.17. The minimum absolute atomic E-state index is 0.0469. The van der Waals surface area contributed by atoms with Crippen molar-refractivity contribution >= 4 is 11.6 Å². The molecule has 0 saturated carbocycles. The fourth-order valence-electron chi connectivity index (χ4n) is 2.55. The average molecular weight is 291 g/mol. The van der Waals surface area contributed by atoms with E-state index >= 15 is 0 Å². The normalized spacial score (nSPS) is 19.0. The SMILES string of the molecule is CNC(=O)COc1cccc(NCC2CCCCN2C)c1. The number of nitrogens with zero attached hydrogens (tertiary/aromatic N) is 1. The van der Waals surface area contributed by atoms with Gasteiger partial charge in [-0.15, -0.1) is 0 Å². The topological polar surface area (TPSA) is 53.6 Å². The summed E-state index contributed by atoms with van der Waals surface area (Å²) in [6.07, 6.45) is 3.86. The summed E-state index contributed by atoms with van der Waals surface area (Å²) < 4.78 is 5.45. The van der Waals surface area contributed by atoms with E-state index in [1.54, 1.807) is 7.05 Å². The van der Waals surface area contributed by atoms with E-state index in [2.05, 4.69) is 22.6 Å². The lowest BCUT2D eigenvalue weighted by molar-refractivity contribution is -0.122. The Morgan fingerprint density at radius 1 is 1.43 bits per heavy atom. The summed E-state index contributed by atoms with van der Waals surface area (Å²) in [7, 11) is 3.79. The minimum atomic E-state index is -0.128. The summed E-state index contributed by atoms with van der Waals surface area (Å²) in [6, 6.07) is 8.35. The van der Waals surface area contributed by atoms with Gasteiger partial charge in [0.2, 0.25) is 0 Å². The van der Waals surface area contributed by atoms with E-state index in [0.29, 0.717) is 11.8 Å². The lowest BCUT2D eigenvalue weighted by Gasteiger charge is -2.32. The summed E-state index contributed by atoms with van der Waals surface area (Å²) in [5.74, 6) is 0.581. The highest BCUT2D eigenvalue weighted by Gasteiger charge is 2.18. The van der Waals surface area contributed by atoms with Gasteiger partial charge in [0.25, 0.3) is 5.91 Å². The van der Waals surface area contributed by atoms with Crippen molar-refractivity contribution < 1.29 is 9.53 Å². The second-order valence-electron chi connectivity index (χ2n) is 5.50. The number of carbonyl (C=O) groups excluding carboxylic acids is 1. The number of nitrogens with one attached hydrogen (secondary N) is 2. The van der Waals surface area contributed by atoms with Crippen LogP contribution in [-0.4, -0.2) is 50.6 Å². The molecule has 21 heavy (non-hydrogen) atoms. The molecule has 5 nitrogen and oxygen atoms in total. The first-order valence-electron chi connectivity index (χ1n) is 7.56. The Morgan fingerprint density at radius 2 is 2.29 bits per heavy atom. The van der Waals surface area contributed by atoms with Crippen LogP contribution in [0.1, 0.15) is 19.3 Å². The zero-order valence-corrected chi connectivity index (χ0v) is 12.9. The van der Waals surface area contributed by atoms with Gasteiger partial charge in [0.15, 0.2) is 6.61 Å². The number of benzene rings is 1. The van der Waals surface area contributed by atoms with Gasteiger partial charge in [-0.2, -0.15) is 0 Å². The summed E-state index contributed by atoms with van der Waals surface area (Å²) >= 11 is 0. The molecule has 1 atom stereocenters. The number of rotatable bonds is 6. The van der Waals surface area contributed by atoms with Crippen molar-refractivity contribution in [3.05, 3.63) is 24.3 Å². The molecular formula is C16H25N3O2. The van der Waals surface area contributed by atoms with Crippen molar-refractivity contribution in [3.8, 4) is 5.75 Å². The quantitative estimate of drug-likeness (QED) is 0.838. The maximum Gasteiger partial charge on any atom is 0.257 e. The number of hydrogen-bond donors (Lipinski definition) is 2. The number of likely N-dealkylation sites (tertiary alicyclic amines) is 1. The largest absolute Gasteiger partial charge is 0.484 e. The molecule has 1 aromatic carbocycles. The van der Waals surface area contributed by atoms with Crippen LogP contribution >= 0.6 is 0 Å². The molecule has 1 amide bonds. The zero-order chi connectivity index (χ0) is 15.1. The maximum atomic E-state index is 11.2. The molecule has 0 radical (unpaired) electrons. The molecule has 116 valence electrons. The molecule has 1 unspecified atom stereocenters. The molecule has 0 aromatic heterocycles. The Hall–Kier alpha value is -1.75. The molecule has 5 heteroatoms. The van der Waals surface area contributed by atoms with E-state index in [-0.39, 0.29) is 12.5 Å². The van der Waals surface area contributed by atoms with Crippen LogP contribution in [0.5, 0.6) is 5.75 Å². The standard InChI is InChI=1S/C16H25N3O2/c1-17-16(20)12-21-15-8-5-6-13(10-15)18-11-14-7-3-4-9-19(14)2/h5-6,8,10,14,18H,3-4,7,9,11-12H2,1-2H3,(H,17,20). The van der Waals surface area contributed by atoms with Crippen LogP contribution in [-0.2, 0) is 4.79 Å². The highest BCUT2D eigenvalue weighted by molar-refractivity contribution is 5.77. The van der Waals surface area contributed by atoms with Crippen molar-refractivity contribution in [2.75, 3.05) is 39.1 Å². The van der Waals surface area contributed by atoms with Crippen molar-refractivity contribution in [1.82, 2.24) is 10.2 Å². The van der Waals surface area contributed by atoms with Crippen LogP contribution in [0.3, 0.4) is 0 Å². The molecule has 2 N–H and O–H groups in total. The number of ether oxygens (including phenoxy) is 1. The summed E-state index contributed by atoms with van der Waals surface area (Å²) in [5, 5.41) is 6.00. The van der Waals surface area contributed by atoms with Gasteiger partial charge in [0, 0.05) is 31.4 Å². The molecule has 0 spiro atoms. The Balaban J connectivity index is 1.84. The van der Waals surface area contributed by atoms with Gasteiger partial charge in [-0.25, -0.2) is 0 Å². The van der Waals surface area contributed by atoms with Gasteiger partial charge in [-0.1, -0.05) is 12.5 Å². The second-order valence-corrected chi connectivity index (χ2v) is 5.50. The first-order valence-corrected chi connectivity index (χ1v) is 7.56. The third-order valence-electron chi connectivity index (χ3n) is 3.95. The molecule has 1 saturated heterocycles. The van der Waals surface area contributed by atoms with Crippen LogP contribution in [0.4, 0.5) is 5.69 Å². The van der Waals surface area contributed by atoms with Crippen LogP contribution in [0, 0.1) is 0 Å². The van der Waals surface area contributed by atoms with Crippen molar-refractivity contribution in [3.63, 3.8) is 0 Å². The van der Waals surface area contributed by atoms with Gasteiger partial charge in [0.1, 0.15) is 5.75 Å². The average Bonchev–Trinajstić information content (AvgIpc) is 2.52. The third-order valence-corrected chi connectivity index (χ3v) is 3.95. The van der Waals surface area contributed by atoms with Crippen molar-refractivity contribution in [1.29, 1.82) is 0 Å². The molecule has 1 fully saturated rings. The van der Waals surface area contributed by atoms with Crippen LogP contribution in [0.2, 0.25) is 0 Å². The predicted molar refractivity (Wildman–Crippen MR) is 84.8 cm³/mol. The summed E-state index contributed by atoms with van der Waals surface area (Å²) in [4.78, 5) is 13.6. The highest BCUT2D eigenvalue weighted by Crippen LogP contribution is 2.19.